The predicted octanol–water partition coefficient (Wildman–Crippen LogP) is 3.83. The van der Waals surface area contributed by atoms with Gasteiger partial charge in [0.15, 0.2) is 0 Å². The van der Waals surface area contributed by atoms with Gasteiger partial charge in [-0.05, 0) is 36.1 Å². The highest BCUT2D eigenvalue weighted by molar-refractivity contribution is 6.29. The van der Waals surface area contributed by atoms with Gasteiger partial charge in [-0.1, -0.05) is 41.9 Å². The number of nitrogens with one attached hydrogen (secondary N) is 1. The van der Waals surface area contributed by atoms with Gasteiger partial charge >= 0.3 is 0 Å². The minimum atomic E-state index is 0.358. The van der Waals surface area contributed by atoms with E-state index in [1.807, 2.05) is 12.1 Å². The zero-order valence-corrected chi connectivity index (χ0v) is 10.1. The highest BCUT2D eigenvalue weighted by Crippen LogP contribution is 2.33. The zero-order chi connectivity index (χ0) is 11.7. The summed E-state index contributed by atoms with van der Waals surface area (Å²) in [6, 6.07) is 14.6. The Bertz CT molecular complexity index is 539. The molecule has 1 aliphatic rings. The van der Waals surface area contributed by atoms with E-state index in [-0.39, 0.29) is 0 Å². The number of rotatable bonds is 2. The van der Waals surface area contributed by atoms with Gasteiger partial charge in [0.1, 0.15) is 11.0 Å². The lowest BCUT2D eigenvalue weighted by molar-refractivity contribution is 0.757. The Balaban J connectivity index is 1.84. The Labute approximate surface area is 106 Å². The molecule has 1 heterocycles. The first-order chi connectivity index (χ1) is 8.33. The van der Waals surface area contributed by atoms with Gasteiger partial charge < -0.3 is 5.32 Å². The lowest BCUT2D eigenvalue weighted by Crippen LogP contribution is -2.08. The molecule has 0 saturated heterocycles. The molecule has 86 valence electrons. The Hall–Kier alpha value is -1.54. The van der Waals surface area contributed by atoms with Crippen molar-refractivity contribution in [1.82, 2.24) is 4.98 Å². The van der Waals surface area contributed by atoms with Crippen LogP contribution < -0.4 is 5.32 Å². The molecule has 2 aromatic rings. The summed E-state index contributed by atoms with van der Waals surface area (Å²) in [5.41, 5.74) is 2.82. The first kappa shape index (κ1) is 10.6. The normalized spacial score (nSPS) is 17.8. The third kappa shape index (κ3) is 2.13. The van der Waals surface area contributed by atoms with Crippen molar-refractivity contribution < 1.29 is 0 Å². The number of nitrogens with zero attached hydrogens (tertiary/aromatic N) is 1. The van der Waals surface area contributed by atoms with Crippen LogP contribution in [0.1, 0.15) is 23.6 Å². The van der Waals surface area contributed by atoms with E-state index in [0.29, 0.717) is 11.2 Å². The Morgan fingerprint density at radius 2 is 2.00 bits per heavy atom. The van der Waals surface area contributed by atoms with Crippen LogP contribution in [0.4, 0.5) is 5.82 Å². The third-order valence-electron chi connectivity index (χ3n) is 3.17. The molecule has 0 bridgehead atoms. The van der Waals surface area contributed by atoms with Crippen LogP contribution in [-0.2, 0) is 6.42 Å². The minimum absolute atomic E-state index is 0.358. The van der Waals surface area contributed by atoms with E-state index in [0.717, 1.165) is 18.7 Å². The molecule has 0 spiro atoms. The number of fused-ring (bicyclic) bond motifs is 1. The van der Waals surface area contributed by atoms with Gasteiger partial charge in [-0.3, -0.25) is 0 Å². The molecule has 0 fully saturated rings. The van der Waals surface area contributed by atoms with E-state index in [9.17, 15) is 0 Å². The topological polar surface area (TPSA) is 24.9 Å². The molecule has 1 aliphatic carbocycles. The Kier molecular flexibility index (Phi) is 2.73. The fourth-order valence-electron chi connectivity index (χ4n) is 2.37. The van der Waals surface area contributed by atoms with Crippen LogP contribution in [0.15, 0.2) is 42.5 Å². The van der Waals surface area contributed by atoms with Crippen LogP contribution in [-0.4, -0.2) is 4.98 Å². The maximum Gasteiger partial charge on any atom is 0.131 e. The SMILES string of the molecule is Clc1cccc(NC2CCc3ccccc32)n1. The van der Waals surface area contributed by atoms with Crippen LogP contribution in [0.25, 0.3) is 0 Å². The van der Waals surface area contributed by atoms with E-state index in [1.165, 1.54) is 11.1 Å². The van der Waals surface area contributed by atoms with Crippen molar-refractivity contribution in [1.29, 1.82) is 0 Å². The highest BCUT2D eigenvalue weighted by Gasteiger charge is 2.21. The standard InChI is InChI=1S/C14H13ClN2/c15-13-6-3-7-14(17-13)16-12-9-8-10-4-1-2-5-11(10)12/h1-7,12H,8-9H2,(H,16,17). The number of aromatic nitrogens is 1. The van der Waals surface area contributed by atoms with Crippen LogP contribution in [0, 0.1) is 0 Å². The molecule has 1 aromatic carbocycles. The van der Waals surface area contributed by atoms with E-state index in [1.54, 1.807) is 6.07 Å². The molecule has 0 amide bonds. The summed E-state index contributed by atoms with van der Waals surface area (Å²) in [4.78, 5) is 4.26. The zero-order valence-electron chi connectivity index (χ0n) is 9.36. The minimum Gasteiger partial charge on any atom is -0.363 e. The van der Waals surface area contributed by atoms with E-state index in [2.05, 4.69) is 34.6 Å². The first-order valence-electron chi connectivity index (χ1n) is 5.80. The smallest absolute Gasteiger partial charge is 0.131 e. The van der Waals surface area contributed by atoms with Crippen LogP contribution in [0.2, 0.25) is 5.15 Å². The van der Waals surface area contributed by atoms with Crippen molar-refractivity contribution in [2.45, 2.75) is 18.9 Å². The largest absolute Gasteiger partial charge is 0.363 e. The summed E-state index contributed by atoms with van der Waals surface area (Å²) in [5.74, 6) is 0.846. The van der Waals surface area contributed by atoms with Crippen LogP contribution in [0.5, 0.6) is 0 Å². The summed E-state index contributed by atoms with van der Waals surface area (Å²) >= 11 is 5.88. The highest BCUT2D eigenvalue weighted by atomic mass is 35.5. The fourth-order valence-corrected chi connectivity index (χ4v) is 2.54. The van der Waals surface area contributed by atoms with Gasteiger partial charge in [0.2, 0.25) is 0 Å². The monoisotopic (exact) mass is 244 g/mol. The average molecular weight is 245 g/mol. The molecule has 3 rings (SSSR count). The molecule has 1 unspecified atom stereocenters. The summed E-state index contributed by atoms with van der Waals surface area (Å²) in [6.07, 6.45) is 2.25. The lowest BCUT2D eigenvalue weighted by Gasteiger charge is -2.14. The number of benzene rings is 1. The average Bonchev–Trinajstić information content (AvgIpc) is 2.73. The van der Waals surface area contributed by atoms with Gasteiger partial charge in [0.05, 0.1) is 6.04 Å². The molecule has 0 saturated carbocycles. The number of aryl methyl sites for hydroxylation is 1. The van der Waals surface area contributed by atoms with Gasteiger partial charge in [-0.15, -0.1) is 0 Å². The second-order valence-corrected chi connectivity index (χ2v) is 4.67. The Morgan fingerprint density at radius 3 is 2.88 bits per heavy atom. The molecule has 0 radical (unpaired) electrons. The maximum atomic E-state index is 5.88. The van der Waals surface area contributed by atoms with E-state index in [4.69, 9.17) is 11.6 Å². The maximum absolute atomic E-state index is 5.88. The predicted molar refractivity (Wildman–Crippen MR) is 70.4 cm³/mol. The fraction of sp³-hybridized carbons (Fsp3) is 0.214. The quantitative estimate of drug-likeness (QED) is 0.812. The Morgan fingerprint density at radius 1 is 1.12 bits per heavy atom. The number of hydrogen-bond acceptors (Lipinski definition) is 2. The van der Waals surface area contributed by atoms with Crippen molar-refractivity contribution in [3.05, 3.63) is 58.7 Å². The van der Waals surface area contributed by atoms with E-state index >= 15 is 0 Å². The second-order valence-electron chi connectivity index (χ2n) is 4.28. The number of anilines is 1. The summed E-state index contributed by atoms with van der Waals surface area (Å²) in [7, 11) is 0. The third-order valence-corrected chi connectivity index (χ3v) is 3.38. The second kappa shape index (κ2) is 4.38. The van der Waals surface area contributed by atoms with Crippen LogP contribution >= 0.6 is 11.6 Å². The molecule has 17 heavy (non-hydrogen) atoms. The van der Waals surface area contributed by atoms with Crippen molar-refractivity contribution in [3.63, 3.8) is 0 Å². The lowest BCUT2D eigenvalue weighted by atomic mass is 10.1. The molecule has 1 atom stereocenters. The summed E-state index contributed by atoms with van der Waals surface area (Å²) in [5, 5.41) is 3.97. The molecule has 0 aliphatic heterocycles. The van der Waals surface area contributed by atoms with Gasteiger partial charge in [0, 0.05) is 0 Å². The van der Waals surface area contributed by atoms with Crippen molar-refractivity contribution in [2.24, 2.45) is 0 Å². The summed E-state index contributed by atoms with van der Waals surface area (Å²) in [6.45, 7) is 0. The van der Waals surface area contributed by atoms with Crippen LogP contribution in [0.3, 0.4) is 0 Å². The van der Waals surface area contributed by atoms with Crippen molar-refractivity contribution >= 4 is 17.4 Å². The number of halogens is 1. The van der Waals surface area contributed by atoms with Crippen molar-refractivity contribution in [2.75, 3.05) is 5.32 Å². The number of pyridine rings is 1. The molecule has 3 heteroatoms. The van der Waals surface area contributed by atoms with Gasteiger partial charge in [-0.2, -0.15) is 0 Å². The molecule has 1 aromatic heterocycles. The first-order valence-corrected chi connectivity index (χ1v) is 6.17. The van der Waals surface area contributed by atoms with Gasteiger partial charge in [-0.25, -0.2) is 4.98 Å². The molecule has 1 N–H and O–H groups in total. The molecular weight excluding hydrogens is 232 g/mol. The van der Waals surface area contributed by atoms with Gasteiger partial charge in [0.25, 0.3) is 0 Å². The van der Waals surface area contributed by atoms with E-state index < -0.39 is 0 Å². The molecular formula is C14H13ClN2. The number of hydrogen-bond donors (Lipinski definition) is 1. The summed E-state index contributed by atoms with van der Waals surface area (Å²) < 4.78 is 0. The van der Waals surface area contributed by atoms with Crippen molar-refractivity contribution in [3.8, 4) is 0 Å². The molecule has 2 nitrogen and oxygen atoms in total.